The molecule has 9 nitrogen and oxygen atoms in total. The summed E-state index contributed by atoms with van der Waals surface area (Å²) in [6, 6.07) is -0.410. The molecule has 0 aliphatic heterocycles. The third-order valence-electron chi connectivity index (χ3n) is 3.61. The van der Waals surface area contributed by atoms with E-state index in [1.165, 1.54) is 11.4 Å². The highest BCUT2D eigenvalue weighted by Crippen LogP contribution is 2.10. The molecule has 1 heterocycles. The number of sulfonamides is 1. The lowest BCUT2D eigenvalue weighted by molar-refractivity contribution is 0.118. The standard InChI is InChI=1S/C15H29N5O4S/c1-5-8-10-18(4)25(22,23)14-16-13-20(17-14)15(21)19(9-6-2)11-12-24-7-3/h13H,5-12H2,1-4H3. The van der Waals surface area contributed by atoms with Crippen molar-refractivity contribution in [3.8, 4) is 0 Å². The Kier molecular flexibility index (Phi) is 9.01. The summed E-state index contributed by atoms with van der Waals surface area (Å²) in [5, 5.41) is 3.53. The lowest BCUT2D eigenvalue weighted by Gasteiger charge is -2.21. The van der Waals surface area contributed by atoms with Crippen molar-refractivity contribution < 1.29 is 17.9 Å². The lowest BCUT2D eigenvalue weighted by atomic mass is 10.3. The average Bonchev–Trinajstić information content (AvgIpc) is 3.09. The minimum Gasteiger partial charge on any atom is -0.380 e. The van der Waals surface area contributed by atoms with Gasteiger partial charge in [-0.25, -0.2) is 18.2 Å². The van der Waals surface area contributed by atoms with Crippen LogP contribution in [0.15, 0.2) is 11.5 Å². The van der Waals surface area contributed by atoms with Crippen LogP contribution in [0.5, 0.6) is 0 Å². The molecule has 0 aromatic carbocycles. The van der Waals surface area contributed by atoms with E-state index in [4.69, 9.17) is 4.74 Å². The number of unbranched alkanes of at least 4 members (excludes halogenated alkanes) is 1. The molecule has 1 amide bonds. The predicted octanol–water partition coefficient (Wildman–Crippen LogP) is 1.42. The third-order valence-corrected chi connectivity index (χ3v) is 5.26. The number of carbonyl (C=O) groups excluding carboxylic acids is 1. The first kappa shape index (κ1) is 21.5. The molecule has 0 saturated carbocycles. The number of nitrogens with zero attached hydrogens (tertiary/aromatic N) is 5. The molecule has 0 saturated heterocycles. The second-order valence-electron chi connectivity index (χ2n) is 5.62. The number of hydrogen-bond acceptors (Lipinski definition) is 6. The predicted molar refractivity (Wildman–Crippen MR) is 93.9 cm³/mol. The van der Waals surface area contributed by atoms with Crippen LogP contribution in [0.4, 0.5) is 4.79 Å². The maximum Gasteiger partial charge on any atom is 0.346 e. The first-order chi connectivity index (χ1) is 11.9. The Balaban J connectivity index is 2.88. The Labute approximate surface area is 150 Å². The molecule has 0 N–H and O–H groups in total. The first-order valence-corrected chi connectivity index (χ1v) is 10.1. The lowest BCUT2D eigenvalue weighted by Crippen LogP contribution is -2.38. The van der Waals surface area contributed by atoms with Crippen molar-refractivity contribution in [2.75, 3.05) is 39.9 Å². The molecular formula is C15H29N5O4S. The topological polar surface area (TPSA) is 97.6 Å². The largest absolute Gasteiger partial charge is 0.380 e. The van der Waals surface area contributed by atoms with Crippen molar-refractivity contribution in [3.63, 3.8) is 0 Å². The van der Waals surface area contributed by atoms with Crippen molar-refractivity contribution in [1.29, 1.82) is 0 Å². The van der Waals surface area contributed by atoms with Gasteiger partial charge >= 0.3 is 6.03 Å². The average molecular weight is 375 g/mol. The Morgan fingerprint density at radius 1 is 1.20 bits per heavy atom. The van der Waals surface area contributed by atoms with Crippen LogP contribution < -0.4 is 0 Å². The van der Waals surface area contributed by atoms with Gasteiger partial charge in [0, 0.05) is 33.3 Å². The van der Waals surface area contributed by atoms with E-state index in [1.807, 2.05) is 20.8 Å². The van der Waals surface area contributed by atoms with E-state index >= 15 is 0 Å². The van der Waals surface area contributed by atoms with E-state index in [0.717, 1.165) is 30.3 Å². The molecule has 25 heavy (non-hydrogen) atoms. The molecular weight excluding hydrogens is 346 g/mol. The molecule has 10 heteroatoms. The van der Waals surface area contributed by atoms with E-state index in [2.05, 4.69) is 10.1 Å². The molecule has 1 rings (SSSR count). The normalized spacial score (nSPS) is 11.9. The van der Waals surface area contributed by atoms with Crippen LogP contribution >= 0.6 is 0 Å². The van der Waals surface area contributed by atoms with Crippen molar-refractivity contribution in [2.45, 2.75) is 45.2 Å². The minimum atomic E-state index is -3.79. The van der Waals surface area contributed by atoms with Crippen LogP contribution in [0.2, 0.25) is 0 Å². The van der Waals surface area contributed by atoms with Crippen LogP contribution in [-0.4, -0.2) is 78.3 Å². The fraction of sp³-hybridized carbons (Fsp3) is 0.800. The van der Waals surface area contributed by atoms with Gasteiger partial charge < -0.3 is 9.64 Å². The number of hydrogen-bond donors (Lipinski definition) is 0. The second kappa shape index (κ2) is 10.5. The number of rotatable bonds is 11. The van der Waals surface area contributed by atoms with Gasteiger partial charge in [-0.3, -0.25) is 0 Å². The van der Waals surface area contributed by atoms with Gasteiger partial charge in [0.15, 0.2) is 0 Å². The highest BCUT2D eigenvalue weighted by molar-refractivity contribution is 7.88. The Morgan fingerprint density at radius 2 is 1.92 bits per heavy atom. The second-order valence-corrected chi connectivity index (χ2v) is 7.56. The Bertz CT molecular complexity index is 632. The molecule has 1 aromatic heterocycles. The number of amides is 1. The fourth-order valence-electron chi connectivity index (χ4n) is 2.14. The zero-order valence-electron chi connectivity index (χ0n) is 15.5. The van der Waals surface area contributed by atoms with Crippen LogP contribution in [0.3, 0.4) is 0 Å². The Hall–Kier alpha value is -1.52. The van der Waals surface area contributed by atoms with Gasteiger partial charge in [0.25, 0.3) is 15.2 Å². The quantitative estimate of drug-likeness (QED) is 0.543. The van der Waals surface area contributed by atoms with E-state index in [9.17, 15) is 13.2 Å². The van der Waals surface area contributed by atoms with Crippen LogP contribution in [-0.2, 0) is 14.8 Å². The van der Waals surface area contributed by atoms with Crippen molar-refractivity contribution >= 4 is 16.1 Å². The van der Waals surface area contributed by atoms with Crippen LogP contribution in [0.1, 0.15) is 40.0 Å². The molecule has 0 fully saturated rings. The molecule has 0 atom stereocenters. The van der Waals surface area contributed by atoms with Crippen molar-refractivity contribution in [2.24, 2.45) is 0 Å². The van der Waals surface area contributed by atoms with Crippen molar-refractivity contribution in [3.05, 3.63) is 6.33 Å². The molecule has 0 aliphatic rings. The first-order valence-electron chi connectivity index (χ1n) is 8.63. The molecule has 0 radical (unpaired) electrons. The summed E-state index contributed by atoms with van der Waals surface area (Å²) in [5.74, 6) is 0. The zero-order valence-corrected chi connectivity index (χ0v) is 16.3. The van der Waals surface area contributed by atoms with Gasteiger partial charge in [-0.15, -0.1) is 5.10 Å². The van der Waals surface area contributed by atoms with Gasteiger partial charge in [-0.05, 0) is 19.8 Å². The van der Waals surface area contributed by atoms with Gasteiger partial charge in [0.05, 0.1) is 6.61 Å². The van der Waals surface area contributed by atoms with Gasteiger partial charge in [0.1, 0.15) is 6.33 Å². The molecule has 0 bridgehead atoms. The van der Waals surface area contributed by atoms with Crippen molar-refractivity contribution in [1.82, 2.24) is 24.0 Å². The number of ether oxygens (including phenoxy) is 1. The summed E-state index contributed by atoms with van der Waals surface area (Å²) < 4.78 is 32.3. The molecule has 0 spiro atoms. The Morgan fingerprint density at radius 3 is 2.52 bits per heavy atom. The minimum absolute atomic E-state index is 0.360. The zero-order chi connectivity index (χ0) is 18.9. The fourth-order valence-corrected chi connectivity index (χ4v) is 3.16. The molecule has 144 valence electrons. The number of carbonyl (C=O) groups is 1. The maximum absolute atomic E-state index is 12.5. The summed E-state index contributed by atoms with van der Waals surface area (Å²) in [5.41, 5.74) is 0. The van der Waals surface area contributed by atoms with E-state index in [1.54, 1.807) is 4.90 Å². The summed E-state index contributed by atoms with van der Waals surface area (Å²) in [4.78, 5) is 17.9. The molecule has 0 unspecified atom stereocenters. The van der Waals surface area contributed by atoms with Gasteiger partial charge in [-0.2, -0.15) is 8.99 Å². The number of aromatic nitrogens is 3. The smallest absolute Gasteiger partial charge is 0.346 e. The SMILES string of the molecule is CCCCN(C)S(=O)(=O)c1ncn(C(=O)N(CCC)CCOCC)n1. The van der Waals surface area contributed by atoms with Gasteiger partial charge in [0.2, 0.25) is 0 Å². The summed E-state index contributed by atoms with van der Waals surface area (Å²) in [7, 11) is -2.30. The monoisotopic (exact) mass is 375 g/mol. The van der Waals surface area contributed by atoms with Gasteiger partial charge in [-0.1, -0.05) is 20.3 Å². The molecule has 0 aliphatic carbocycles. The summed E-state index contributed by atoms with van der Waals surface area (Å²) in [6.07, 6.45) is 3.55. The van der Waals surface area contributed by atoms with E-state index < -0.39 is 16.1 Å². The van der Waals surface area contributed by atoms with Crippen LogP contribution in [0, 0.1) is 0 Å². The highest BCUT2D eigenvalue weighted by atomic mass is 32.2. The molecule has 1 aromatic rings. The third kappa shape index (κ3) is 6.05. The van der Waals surface area contributed by atoms with Crippen LogP contribution in [0.25, 0.3) is 0 Å². The van der Waals surface area contributed by atoms with E-state index in [0.29, 0.717) is 32.8 Å². The highest BCUT2D eigenvalue weighted by Gasteiger charge is 2.26. The maximum atomic E-state index is 12.5. The summed E-state index contributed by atoms with van der Waals surface area (Å²) >= 11 is 0. The summed E-state index contributed by atoms with van der Waals surface area (Å²) in [6.45, 7) is 8.15. The van der Waals surface area contributed by atoms with E-state index in [-0.39, 0.29) is 5.16 Å².